The average molecular weight is 452 g/mol. The molecule has 0 saturated carbocycles. The normalized spacial score (nSPS) is 10.2. The van der Waals surface area contributed by atoms with Crippen molar-refractivity contribution in [1.29, 1.82) is 0 Å². The molecule has 2 amide bonds. The molecule has 0 radical (unpaired) electrons. The molecule has 170 valence electrons. The van der Waals surface area contributed by atoms with Crippen molar-refractivity contribution in [2.75, 3.05) is 22.5 Å². The van der Waals surface area contributed by atoms with E-state index in [2.05, 4.69) is 16.0 Å². The number of ether oxygens (including phenoxy) is 1. The number of anilines is 3. The third-order valence-electron chi connectivity index (χ3n) is 5.01. The Hall–Kier alpha value is -4.58. The van der Waals surface area contributed by atoms with Crippen molar-refractivity contribution < 1.29 is 14.3 Å². The zero-order chi connectivity index (χ0) is 23.6. The van der Waals surface area contributed by atoms with Gasteiger partial charge in [0.05, 0.1) is 12.2 Å². The molecule has 0 spiro atoms. The minimum absolute atomic E-state index is 0.0586. The van der Waals surface area contributed by atoms with E-state index in [1.54, 1.807) is 30.3 Å². The molecule has 0 saturated heterocycles. The van der Waals surface area contributed by atoms with E-state index >= 15 is 0 Å². The van der Waals surface area contributed by atoms with Gasteiger partial charge in [0.1, 0.15) is 12.4 Å². The van der Waals surface area contributed by atoms with Crippen LogP contribution in [0.3, 0.4) is 0 Å². The number of amides is 2. The van der Waals surface area contributed by atoms with E-state index < -0.39 is 0 Å². The summed E-state index contributed by atoms with van der Waals surface area (Å²) in [5.41, 5.74) is 3.58. The lowest BCUT2D eigenvalue weighted by Crippen LogP contribution is -2.22. The number of hydrogen-bond acceptors (Lipinski definition) is 4. The fourth-order valence-electron chi connectivity index (χ4n) is 3.31. The van der Waals surface area contributed by atoms with Crippen molar-refractivity contribution >= 4 is 28.9 Å². The molecule has 6 heteroatoms. The molecule has 0 aromatic heterocycles. The summed E-state index contributed by atoms with van der Waals surface area (Å²) in [6.45, 7) is 0.469. The first-order valence-corrected chi connectivity index (χ1v) is 10.9. The summed E-state index contributed by atoms with van der Waals surface area (Å²) in [7, 11) is 0. The Balaban J connectivity index is 1.31. The molecule has 0 bridgehead atoms. The smallest absolute Gasteiger partial charge is 0.255 e. The molecule has 0 aliphatic rings. The number of carbonyl (C=O) groups is 2. The fourth-order valence-corrected chi connectivity index (χ4v) is 3.31. The van der Waals surface area contributed by atoms with Crippen LogP contribution in [0.4, 0.5) is 17.1 Å². The Kier molecular flexibility index (Phi) is 7.54. The monoisotopic (exact) mass is 451 g/mol. The summed E-state index contributed by atoms with van der Waals surface area (Å²) < 4.78 is 5.90. The van der Waals surface area contributed by atoms with Gasteiger partial charge < -0.3 is 20.7 Å². The molecule has 0 unspecified atom stereocenters. The second-order valence-corrected chi connectivity index (χ2v) is 7.57. The van der Waals surface area contributed by atoms with Crippen LogP contribution in [0, 0.1) is 0 Å². The van der Waals surface area contributed by atoms with Gasteiger partial charge in [-0.25, -0.2) is 0 Å². The molecular weight excluding hydrogens is 426 g/mol. The van der Waals surface area contributed by atoms with E-state index in [1.165, 1.54) is 0 Å². The van der Waals surface area contributed by atoms with E-state index in [0.717, 1.165) is 11.3 Å². The lowest BCUT2D eigenvalue weighted by molar-refractivity contribution is -0.114. The maximum absolute atomic E-state index is 12.6. The van der Waals surface area contributed by atoms with Gasteiger partial charge in [-0.1, -0.05) is 66.7 Å². The molecule has 0 heterocycles. The molecule has 3 N–H and O–H groups in total. The predicted molar refractivity (Wildman–Crippen MR) is 135 cm³/mol. The highest BCUT2D eigenvalue weighted by Gasteiger charge is 2.09. The number of carbonyl (C=O) groups excluding carboxylic acids is 2. The first-order chi connectivity index (χ1) is 16.7. The molecule has 0 aliphatic heterocycles. The predicted octanol–water partition coefficient (Wildman–Crippen LogP) is 5.57. The van der Waals surface area contributed by atoms with Crippen LogP contribution in [-0.4, -0.2) is 18.4 Å². The number of benzene rings is 4. The van der Waals surface area contributed by atoms with Crippen LogP contribution in [-0.2, 0) is 11.4 Å². The van der Waals surface area contributed by atoms with E-state index in [-0.39, 0.29) is 18.4 Å². The third-order valence-corrected chi connectivity index (χ3v) is 5.01. The number of para-hydroxylation sites is 2. The standard InChI is InChI=1S/C28H25N3O3/c32-27(31-25-16-7-8-17-26(25)34-20-21-10-3-1-4-11-21)19-29-23-14-9-15-24(18-23)30-28(33)22-12-5-2-6-13-22/h1-18,29H,19-20H2,(H,30,33)(H,31,32). The lowest BCUT2D eigenvalue weighted by Gasteiger charge is -2.13. The van der Waals surface area contributed by atoms with Gasteiger partial charge in [-0.15, -0.1) is 0 Å². The third kappa shape index (κ3) is 6.46. The topological polar surface area (TPSA) is 79.5 Å². The Labute approximate surface area is 198 Å². The largest absolute Gasteiger partial charge is 0.487 e. The maximum Gasteiger partial charge on any atom is 0.255 e. The highest BCUT2D eigenvalue weighted by Crippen LogP contribution is 2.25. The summed E-state index contributed by atoms with van der Waals surface area (Å²) in [5.74, 6) is 0.197. The number of rotatable bonds is 9. The first-order valence-electron chi connectivity index (χ1n) is 10.9. The van der Waals surface area contributed by atoms with Crippen molar-refractivity contribution in [1.82, 2.24) is 0 Å². The highest BCUT2D eigenvalue weighted by molar-refractivity contribution is 6.04. The van der Waals surface area contributed by atoms with Gasteiger partial charge in [0.2, 0.25) is 5.91 Å². The minimum atomic E-state index is -0.213. The van der Waals surface area contributed by atoms with Crippen molar-refractivity contribution in [2.24, 2.45) is 0 Å². The molecule has 6 nitrogen and oxygen atoms in total. The van der Waals surface area contributed by atoms with Gasteiger partial charge in [-0.2, -0.15) is 0 Å². The van der Waals surface area contributed by atoms with Gasteiger partial charge in [-0.3, -0.25) is 9.59 Å². The van der Waals surface area contributed by atoms with E-state index in [4.69, 9.17) is 4.74 Å². The van der Waals surface area contributed by atoms with Crippen LogP contribution >= 0.6 is 0 Å². The average Bonchev–Trinajstić information content (AvgIpc) is 2.88. The van der Waals surface area contributed by atoms with Crippen LogP contribution in [0.5, 0.6) is 5.75 Å². The SMILES string of the molecule is O=C(CNc1cccc(NC(=O)c2ccccc2)c1)Nc1ccccc1OCc1ccccc1. The molecule has 4 aromatic rings. The van der Waals surface area contributed by atoms with Gasteiger partial charge >= 0.3 is 0 Å². The first kappa shape index (κ1) is 22.6. The quantitative estimate of drug-likeness (QED) is 0.311. The van der Waals surface area contributed by atoms with Gasteiger partial charge in [-0.05, 0) is 48.0 Å². The molecule has 4 aromatic carbocycles. The molecule has 4 rings (SSSR count). The van der Waals surface area contributed by atoms with E-state index in [1.807, 2.05) is 78.9 Å². The second-order valence-electron chi connectivity index (χ2n) is 7.57. The van der Waals surface area contributed by atoms with Gasteiger partial charge in [0.25, 0.3) is 5.91 Å². The van der Waals surface area contributed by atoms with Crippen molar-refractivity contribution in [3.63, 3.8) is 0 Å². The molecule has 0 aliphatic carbocycles. The Morgan fingerprint density at radius 2 is 1.35 bits per heavy atom. The van der Waals surface area contributed by atoms with E-state index in [9.17, 15) is 9.59 Å². The summed E-state index contributed by atoms with van der Waals surface area (Å²) in [6, 6.07) is 33.4. The Bertz CT molecular complexity index is 1240. The number of nitrogens with one attached hydrogen (secondary N) is 3. The molecule has 0 atom stereocenters. The van der Waals surface area contributed by atoms with Crippen molar-refractivity contribution in [3.05, 3.63) is 120 Å². The molecular formula is C28H25N3O3. The van der Waals surface area contributed by atoms with Crippen molar-refractivity contribution in [3.8, 4) is 5.75 Å². The summed E-state index contributed by atoms with van der Waals surface area (Å²) >= 11 is 0. The lowest BCUT2D eigenvalue weighted by atomic mass is 10.2. The van der Waals surface area contributed by atoms with Gasteiger partial charge in [0, 0.05) is 16.9 Å². The zero-order valence-electron chi connectivity index (χ0n) is 18.5. The molecule has 34 heavy (non-hydrogen) atoms. The maximum atomic E-state index is 12.6. The Morgan fingerprint density at radius 1 is 0.676 bits per heavy atom. The fraction of sp³-hybridized carbons (Fsp3) is 0.0714. The summed E-state index contributed by atoms with van der Waals surface area (Å²) in [6.07, 6.45) is 0. The summed E-state index contributed by atoms with van der Waals surface area (Å²) in [4.78, 5) is 24.9. The van der Waals surface area contributed by atoms with Crippen molar-refractivity contribution in [2.45, 2.75) is 6.61 Å². The zero-order valence-corrected chi connectivity index (χ0v) is 18.5. The summed E-state index contributed by atoms with van der Waals surface area (Å²) in [5, 5.41) is 8.85. The van der Waals surface area contributed by atoms with Crippen LogP contribution in [0.2, 0.25) is 0 Å². The van der Waals surface area contributed by atoms with Gasteiger partial charge in [0.15, 0.2) is 0 Å². The highest BCUT2D eigenvalue weighted by atomic mass is 16.5. The number of hydrogen-bond donors (Lipinski definition) is 3. The van der Waals surface area contributed by atoms with Crippen LogP contribution in [0.15, 0.2) is 109 Å². The molecule has 0 fully saturated rings. The van der Waals surface area contributed by atoms with Crippen LogP contribution < -0.4 is 20.7 Å². The Morgan fingerprint density at radius 3 is 2.15 bits per heavy atom. The minimum Gasteiger partial charge on any atom is -0.487 e. The van der Waals surface area contributed by atoms with E-state index in [0.29, 0.717) is 29.3 Å². The van der Waals surface area contributed by atoms with Crippen LogP contribution in [0.25, 0.3) is 0 Å². The van der Waals surface area contributed by atoms with Crippen LogP contribution in [0.1, 0.15) is 15.9 Å². The second kappa shape index (κ2) is 11.3.